The highest BCUT2D eigenvalue weighted by atomic mass is 19.1. The van der Waals surface area contributed by atoms with Crippen molar-refractivity contribution in [1.82, 2.24) is 9.97 Å². The fraction of sp³-hybridized carbons (Fsp3) is 0.0909. The SMILES string of the molecule is Bc1ccccc1COc1ncc(F)c(N)n1. The van der Waals surface area contributed by atoms with Gasteiger partial charge in [0.1, 0.15) is 14.5 Å². The maximum absolute atomic E-state index is 12.8. The van der Waals surface area contributed by atoms with Crippen molar-refractivity contribution in [2.75, 3.05) is 5.73 Å². The van der Waals surface area contributed by atoms with Crippen molar-refractivity contribution in [3.63, 3.8) is 0 Å². The van der Waals surface area contributed by atoms with Crippen LogP contribution >= 0.6 is 0 Å². The van der Waals surface area contributed by atoms with E-state index in [1.165, 1.54) is 0 Å². The molecule has 0 saturated carbocycles. The molecule has 17 heavy (non-hydrogen) atoms. The fourth-order valence-electron chi connectivity index (χ4n) is 1.35. The quantitative estimate of drug-likeness (QED) is 0.757. The molecule has 0 bridgehead atoms. The molecule has 0 saturated heterocycles. The number of hydrogen-bond acceptors (Lipinski definition) is 4. The van der Waals surface area contributed by atoms with E-state index >= 15 is 0 Å². The highest BCUT2D eigenvalue weighted by Crippen LogP contribution is 2.10. The van der Waals surface area contributed by atoms with E-state index in [9.17, 15) is 4.39 Å². The second-order valence-corrected chi connectivity index (χ2v) is 3.60. The van der Waals surface area contributed by atoms with Crippen molar-refractivity contribution in [1.29, 1.82) is 0 Å². The first-order valence-electron chi connectivity index (χ1n) is 5.12. The minimum atomic E-state index is -0.645. The van der Waals surface area contributed by atoms with E-state index < -0.39 is 5.82 Å². The number of nitrogens with zero attached hydrogens (tertiary/aromatic N) is 2. The van der Waals surface area contributed by atoms with Crippen molar-refractivity contribution in [2.45, 2.75) is 6.61 Å². The number of rotatable bonds is 3. The summed E-state index contributed by atoms with van der Waals surface area (Å²) in [6, 6.07) is 7.88. The molecule has 1 aromatic carbocycles. The van der Waals surface area contributed by atoms with Gasteiger partial charge in [-0.05, 0) is 5.56 Å². The van der Waals surface area contributed by atoms with E-state index in [1.54, 1.807) is 0 Å². The molecule has 0 aliphatic heterocycles. The van der Waals surface area contributed by atoms with Crippen molar-refractivity contribution in [2.24, 2.45) is 0 Å². The van der Waals surface area contributed by atoms with Gasteiger partial charge in [0, 0.05) is 0 Å². The summed E-state index contributed by atoms with van der Waals surface area (Å²) in [7, 11) is 1.98. The lowest BCUT2D eigenvalue weighted by atomic mass is 9.91. The average molecular weight is 231 g/mol. The molecule has 0 spiro atoms. The molecule has 0 fully saturated rings. The molecule has 0 atom stereocenters. The Balaban J connectivity index is 2.08. The molecule has 0 aliphatic carbocycles. The Labute approximate surface area is 99.1 Å². The lowest BCUT2D eigenvalue weighted by Crippen LogP contribution is -2.13. The molecule has 6 heteroatoms. The molecule has 2 rings (SSSR count). The van der Waals surface area contributed by atoms with Crippen LogP contribution in [0.15, 0.2) is 30.5 Å². The monoisotopic (exact) mass is 231 g/mol. The first-order chi connectivity index (χ1) is 8.16. The molecule has 4 nitrogen and oxygen atoms in total. The Morgan fingerprint density at radius 2 is 2.12 bits per heavy atom. The lowest BCUT2D eigenvalue weighted by Gasteiger charge is -2.07. The first kappa shape index (κ1) is 11.4. The van der Waals surface area contributed by atoms with Gasteiger partial charge < -0.3 is 10.5 Å². The summed E-state index contributed by atoms with van der Waals surface area (Å²) in [6.45, 7) is 0.331. The molecule has 0 radical (unpaired) electrons. The van der Waals surface area contributed by atoms with Crippen LogP contribution in [0.2, 0.25) is 0 Å². The molecular weight excluding hydrogens is 220 g/mol. The van der Waals surface area contributed by atoms with E-state index in [0.717, 1.165) is 17.2 Å². The minimum Gasteiger partial charge on any atom is -0.459 e. The zero-order chi connectivity index (χ0) is 12.3. The number of aromatic nitrogens is 2. The standard InChI is InChI=1S/C11H11BFN3O/c12-8-4-2-1-3-7(8)6-17-11-15-5-9(13)10(14)16-11/h1-5H,6,12H2,(H2,14,15,16). The summed E-state index contributed by atoms with van der Waals surface area (Å²) in [4.78, 5) is 7.38. The highest BCUT2D eigenvalue weighted by molar-refractivity contribution is 6.33. The van der Waals surface area contributed by atoms with Gasteiger partial charge in [0.15, 0.2) is 11.6 Å². The van der Waals surface area contributed by atoms with Crippen LogP contribution in [0.25, 0.3) is 0 Å². The Morgan fingerprint density at radius 1 is 1.35 bits per heavy atom. The summed E-state index contributed by atoms with van der Waals surface area (Å²) in [5, 5.41) is 0. The largest absolute Gasteiger partial charge is 0.459 e. The van der Waals surface area contributed by atoms with Crippen LogP contribution in [0.1, 0.15) is 5.56 Å². The Bertz CT molecular complexity index is 536. The molecule has 1 aromatic heterocycles. The van der Waals surface area contributed by atoms with Crippen molar-refractivity contribution >= 4 is 19.1 Å². The van der Waals surface area contributed by atoms with Gasteiger partial charge in [-0.3, -0.25) is 0 Å². The third-order valence-corrected chi connectivity index (χ3v) is 2.37. The average Bonchev–Trinajstić information content (AvgIpc) is 2.32. The van der Waals surface area contributed by atoms with Crippen LogP contribution in [-0.4, -0.2) is 17.8 Å². The zero-order valence-electron chi connectivity index (χ0n) is 9.35. The Hall–Kier alpha value is -2.11. The van der Waals surface area contributed by atoms with Crippen LogP contribution in [0, 0.1) is 5.82 Å². The first-order valence-corrected chi connectivity index (χ1v) is 5.12. The molecular formula is C11H11BFN3O. The molecule has 0 amide bonds. The van der Waals surface area contributed by atoms with E-state index in [-0.39, 0.29) is 11.8 Å². The maximum atomic E-state index is 12.8. The summed E-state index contributed by atoms with van der Waals surface area (Å²) < 4.78 is 18.2. The topological polar surface area (TPSA) is 61.0 Å². The van der Waals surface area contributed by atoms with Crippen LogP contribution in [0.3, 0.4) is 0 Å². The van der Waals surface area contributed by atoms with Gasteiger partial charge in [0.2, 0.25) is 0 Å². The molecule has 86 valence electrons. The summed E-state index contributed by atoms with van der Waals surface area (Å²) in [6.07, 6.45) is 0.996. The number of anilines is 1. The number of hydrogen-bond donors (Lipinski definition) is 1. The van der Waals surface area contributed by atoms with Crippen molar-refractivity contribution in [3.8, 4) is 6.01 Å². The van der Waals surface area contributed by atoms with E-state index in [0.29, 0.717) is 6.61 Å². The van der Waals surface area contributed by atoms with Crippen LogP contribution in [-0.2, 0) is 6.61 Å². The summed E-state index contributed by atoms with van der Waals surface area (Å²) in [5.41, 5.74) is 7.45. The number of ether oxygens (including phenoxy) is 1. The van der Waals surface area contributed by atoms with Crippen LogP contribution in [0.5, 0.6) is 6.01 Å². The van der Waals surface area contributed by atoms with Crippen LogP contribution < -0.4 is 15.9 Å². The van der Waals surface area contributed by atoms with Gasteiger partial charge in [-0.2, -0.15) is 4.98 Å². The molecule has 0 aliphatic rings. The predicted octanol–water partition coefficient (Wildman–Crippen LogP) is 0.0353. The van der Waals surface area contributed by atoms with Gasteiger partial charge in [-0.15, -0.1) is 0 Å². The molecule has 2 N–H and O–H groups in total. The second-order valence-electron chi connectivity index (χ2n) is 3.60. The van der Waals surface area contributed by atoms with Gasteiger partial charge in [0.05, 0.1) is 6.20 Å². The zero-order valence-corrected chi connectivity index (χ0v) is 9.35. The Kier molecular flexibility index (Phi) is 3.23. The fourth-order valence-corrected chi connectivity index (χ4v) is 1.35. The number of benzene rings is 1. The smallest absolute Gasteiger partial charge is 0.318 e. The summed E-state index contributed by atoms with van der Waals surface area (Å²) >= 11 is 0. The second kappa shape index (κ2) is 4.82. The highest BCUT2D eigenvalue weighted by Gasteiger charge is 2.05. The van der Waals surface area contributed by atoms with Gasteiger partial charge in [-0.1, -0.05) is 29.7 Å². The predicted molar refractivity (Wildman–Crippen MR) is 65.4 cm³/mol. The molecule has 2 aromatic rings. The normalized spacial score (nSPS) is 10.2. The maximum Gasteiger partial charge on any atom is 0.318 e. The Morgan fingerprint density at radius 3 is 2.82 bits per heavy atom. The van der Waals surface area contributed by atoms with E-state index in [2.05, 4.69) is 9.97 Å². The van der Waals surface area contributed by atoms with Crippen molar-refractivity contribution < 1.29 is 9.13 Å². The van der Waals surface area contributed by atoms with E-state index in [1.807, 2.05) is 32.1 Å². The van der Waals surface area contributed by atoms with Gasteiger partial charge >= 0.3 is 6.01 Å². The van der Waals surface area contributed by atoms with Crippen LogP contribution in [0.4, 0.5) is 10.2 Å². The lowest BCUT2D eigenvalue weighted by molar-refractivity contribution is 0.281. The molecule has 1 heterocycles. The third-order valence-electron chi connectivity index (χ3n) is 2.37. The van der Waals surface area contributed by atoms with E-state index in [4.69, 9.17) is 10.5 Å². The molecule has 0 unspecified atom stereocenters. The number of nitrogens with two attached hydrogens (primary N) is 1. The summed E-state index contributed by atoms with van der Waals surface area (Å²) in [5.74, 6) is -0.854. The van der Waals surface area contributed by atoms with Crippen molar-refractivity contribution in [3.05, 3.63) is 41.8 Å². The van der Waals surface area contributed by atoms with Gasteiger partial charge in [-0.25, -0.2) is 9.37 Å². The minimum absolute atomic E-state index is 0.0761. The third kappa shape index (κ3) is 2.72. The number of halogens is 1. The number of nitrogen functional groups attached to an aromatic ring is 1. The van der Waals surface area contributed by atoms with Gasteiger partial charge in [0.25, 0.3) is 0 Å².